The van der Waals surface area contributed by atoms with Gasteiger partial charge in [-0.15, -0.1) is 0 Å². The summed E-state index contributed by atoms with van der Waals surface area (Å²) in [6.07, 6.45) is 0.900. The minimum atomic E-state index is -3.22. The second-order valence-corrected chi connectivity index (χ2v) is 8.28. The highest BCUT2D eigenvalue weighted by Crippen LogP contribution is 2.43. The number of nitrogens with one attached hydrogen (secondary N) is 1. The Bertz CT molecular complexity index is 722. The first kappa shape index (κ1) is 21.8. The Kier molecular flexibility index (Phi) is 8.68. The fourth-order valence-corrected chi connectivity index (χ4v) is 4.30. The van der Waals surface area contributed by atoms with E-state index in [1.54, 1.807) is 13.8 Å². The third-order valence-electron chi connectivity index (χ3n) is 4.39. The van der Waals surface area contributed by atoms with E-state index in [0.29, 0.717) is 26.3 Å². The molecule has 148 valence electrons. The molecule has 0 amide bonds. The van der Waals surface area contributed by atoms with Crippen molar-refractivity contribution in [3.63, 3.8) is 0 Å². The summed E-state index contributed by atoms with van der Waals surface area (Å²) in [6, 6.07) is 17.0. The van der Waals surface area contributed by atoms with E-state index in [2.05, 4.69) is 60.5 Å². The van der Waals surface area contributed by atoms with Crippen LogP contribution in [0.5, 0.6) is 0 Å². The molecule has 0 spiro atoms. The molecule has 6 heteroatoms. The SMILES string of the molecule is CCOP(=O)(NCC(C)c1ccc(-c2ccc(CCN)cc2)cc1)OCC. The number of hydrogen-bond donors (Lipinski definition) is 2. The van der Waals surface area contributed by atoms with Crippen LogP contribution in [0.4, 0.5) is 0 Å². The summed E-state index contributed by atoms with van der Waals surface area (Å²) in [5.74, 6) is 0.181. The average molecular weight is 390 g/mol. The van der Waals surface area contributed by atoms with Gasteiger partial charge in [-0.25, -0.2) is 9.65 Å². The fraction of sp³-hybridized carbons (Fsp3) is 0.429. The highest BCUT2D eigenvalue weighted by molar-refractivity contribution is 7.51. The molecule has 0 aromatic heterocycles. The van der Waals surface area contributed by atoms with E-state index in [-0.39, 0.29) is 5.92 Å². The van der Waals surface area contributed by atoms with Gasteiger partial charge in [-0.2, -0.15) is 0 Å². The normalized spacial score (nSPS) is 12.9. The van der Waals surface area contributed by atoms with Crippen LogP contribution in [0.25, 0.3) is 11.1 Å². The van der Waals surface area contributed by atoms with Gasteiger partial charge in [0.1, 0.15) is 0 Å². The maximum atomic E-state index is 12.5. The summed E-state index contributed by atoms with van der Waals surface area (Å²) >= 11 is 0. The molecule has 2 rings (SSSR count). The minimum absolute atomic E-state index is 0.181. The summed E-state index contributed by atoms with van der Waals surface area (Å²) in [5, 5.41) is 2.96. The number of hydrogen-bond acceptors (Lipinski definition) is 4. The quantitative estimate of drug-likeness (QED) is 0.543. The van der Waals surface area contributed by atoms with E-state index in [0.717, 1.165) is 6.42 Å². The lowest BCUT2D eigenvalue weighted by molar-refractivity contribution is 0.210. The Hall–Kier alpha value is -1.49. The number of nitrogens with two attached hydrogens (primary N) is 1. The summed E-state index contributed by atoms with van der Waals surface area (Å²) in [5.41, 5.74) is 10.4. The van der Waals surface area contributed by atoms with Crippen LogP contribution in [0.1, 0.15) is 37.8 Å². The first-order chi connectivity index (χ1) is 13.0. The van der Waals surface area contributed by atoms with Crippen molar-refractivity contribution in [1.82, 2.24) is 5.09 Å². The van der Waals surface area contributed by atoms with Crippen LogP contribution in [0.2, 0.25) is 0 Å². The summed E-state index contributed by atoms with van der Waals surface area (Å²) < 4.78 is 23.0. The van der Waals surface area contributed by atoms with E-state index >= 15 is 0 Å². The van der Waals surface area contributed by atoms with E-state index in [1.165, 1.54) is 22.3 Å². The van der Waals surface area contributed by atoms with Gasteiger partial charge >= 0.3 is 7.75 Å². The molecule has 0 fully saturated rings. The molecule has 27 heavy (non-hydrogen) atoms. The molecule has 0 aliphatic carbocycles. The molecule has 0 heterocycles. The zero-order valence-electron chi connectivity index (χ0n) is 16.5. The van der Waals surface area contributed by atoms with Gasteiger partial charge in [0.15, 0.2) is 0 Å². The molecular weight excluding hydrogens is 359 g/mol. The molecule has 1 unspecified atom stereocenters. The fourth-order valence-electron chi connectivity index (χ4n) is 2.87. The van der Waals surface area contributed by atoms with Crippen molar-refractivity contribution in [2.24, 2.45) is 5.73 Å². The summed E-state index contributed by atoms with van der Waals surface area (Å²) in [4.78, 5) is 0. The highest BCUT2D eigenvalue weighted by atomic mass is 31.2. The van der Waals surface area contributed by atoms with Crippen molar-refractivity contribution in [3.05, 3.63) is 59.7 Å². The molecule has 0 aliphatic heterocycles. The molecule has 2 aromatic rings. The second-order valence-electron chi connectivity index (χ2n) is 6.45. The Morgan fingerprint density at radius 3 is 1.96 bits per heavy atom. The zero-order valence-corrected chi connectivity index (χ0v) is 17.4. The van der Waals surface area contributed by atoms with Crippen LogP contribution in [0, 0.1) is 0 Å². The second kappa shape index (κ2) is 10.7. The molecule has 0 saturated carbocycles. The van der Waals surface area contributed by atoms with Gasteiger partial charge in [0, 0.05) is 6.54 Å². The standard InChI is InChI=1S/C21H31N2O3P/c1-4-25-27(24,26-5-2)23-16-17(3)19-10-12-21(13-11-19)20-8-6-18(7-9-20)14-15-22/h6-13,17H,4-5,14-16,22H2,1-3H3,(H,23,24). The molecule has 5 nitrogen and oxygen atoms in total. The lowest BCUT2D eigenvalue weighted by atomic mass is 9.97. The van der Waals surface area contributed by atoms with Crippen LogP contribution < -0.4 is 10.8 Å². The first-order valence-electron chi connectivity index (χ1n) is 9.55. The molecule has 0 radical (unpaired) electrons. The first-order valence-corrected chi connectivity index (χ1v) is 11.1. The Morgan fingerprint density at radius 2 is 1.48 bits per heavy atom. The molecule has 0 saturated heterocycles. The van der Waals surface area contributed by atoms with Crippen molar-refractivity contribution >= 4 is 7.75 Å². The van der Waals surface area contributed by atoms with Gasteiger partial charge < -0.3 is 5.73 Å². The predicted molar refractivity (Wildman–Crippen MR) is 112 cm³/mol. The van der Waals surface area contributed by atoms with Crippen molar-refractivity contribution in [1.29, 1.82) is 0 Å². The third kappa shape index (κ3) is 6.56. The van der Waals surface area contributed by atoms with E-state index < -0.39 is 7.75 Å². The van der Waals surface area contributed by atoms with E-state index in [1.807, 2.05) is 0 Å². The number of rotatable bonds is 11. The highest BCUT2D eigenvalue weighted by Gasteiger charge is 2.23. The largest absolute Gasteiger partial charge is 0.405 e. The van der Waals surface area contributed by atoms with Crippen molar-refractivity contribution < 1.29 is 13.6 Å². The summed E-state index contributed by atoms with van der Waals surface area (Å²) in [7, 11) is -3.22. The Labute approximate surface area is 162 Å². The monoisotopic (exact) mass is 390 g/mol. The van der Waals surface area contributed by atoms with Crippen LogP contribution in [0.3, 0.4) is 0 Å². The topological polar surface area (TPSA) is 73.6 Å². The lowest BCUT2D eigenvalue weighted by Crippen LogP contribution is -2.20. The van der Waals surface area contributed by atoms with Crippen molar-refractivity contribution in [2.45, 2.75) is 33.1 Å². The van der Waals surface area contributed by atoms with Crippen LogP contribution >= 0.6 is 7.75 Å². The molecule has 3 N–H and O–H groups in total. The van der Waals surface area contributed by atoms with Gasteiger partial charge in [-0.3, -0.25) is 9.05 Å². The van der Waals surface area contributed by atoms with Crippen molar-refractivity contribution in [3.8, 4) is 11.1 Å². The maximum absolute atomic E-state index is 12.5. The Morgan fingerprint density at radius 1 is 0.963 bits per heavy atom. The van der Waals surface area contributed by atoms with Crippen LogP contribution in [0.15, 0.2) is 48.5 Å². The predicted octanol–water partition coefficient (Wildman–Crippen LogP) is 4.73. The minimum Gasteiger partial charge on any atom is -0.330 e. The van der Waals surface area contributed by atoms with E-state index in [9.17, 15) is 4.57 Å². The van der Waals surface area contributed by atoms with Crippen LogP contribution in [-0.2, 0) is 20.0 Å². The van der Waals surface area contributed by atoms with Gasteiger partial charge in [0.25, 0.3) is 0 Å². The van der Waals surface area contributed by atoms with Gasteiger partial charge in [0.05, 0.1) is 13.2 Å². The van der Waals surface area contributed by atoms with Crippen LogP contribution in [-0.4, -0.2) is 26.3 Å². The molecular formula is C21H31N2O3P. The van der Waals surface area contributed by atoms with Gasteiger partial charge in [0.2, 0.25) is 0 Å². The third-order valence-corrected chi connectivity index (χ3v) is 6.16. The van der Waals surface area contributed by atoms with Gasteiger partial charge in [-0.1, -0.05) is 55.5 Å². The lowest BCUT2D eigenvalue weighted by Gasteiger charge is -2.20. The molecule has 2 aromatic carbocycles. The molecule has 1 atom stereocenters. The van der Waals surface area contributed by atoms with Gasteiger partial charge in [-0.05, 0) is 55.0 Å². The zero-order chi connectivity index (χ0) is 19.7. The van der Waals surface area contributed by atoms with Crippen molar-refractivity contribution in [2.75, 3.05) is 26.3 Å². The average Bonchev–Trinajstić information content (AvgIpc) is 2.68. The maximum Gasteiger partial charge on any atom is 0.405 e. The summed E-state index contributed by atoms with van der Waals surface area (Å²) in [6.45, 7) is 7.57. The van der Waals surface area contributed by atoms with E-state index in [4.69, 9.17) is 14.8 Å². The Balaban J connectivity index is 2.00. The molecule has 0 bridgehead atoms. The smallest absolute Gasteiger partial charge is 0.330 e. The number of benzene rings is 2. The molecule has 0 aliphatic rings.